The zero-order valence-electron chi connectivity index (χ0n) is 11.3. The standard InChI is InChI=1S/C15H21BrN2O/c1-11(17)6-9-15(19)18(13-7-8-13)10-12-4-2-3-5-14(12)16/h2-5,11,13H,6-10,17H2,1H3. The number of halogens is 1. The molecule has 2 rings (SSSR count). The van der Waals surface area contributed by atoms with Crippen LogP contribution in [0.5, 0.6) is 0 Å². The molecule has 1 saturated carbocycles. The maximum Gasteiger partial charge on any atom is 0.223 e. The van der Waals surface area contributed by atoms with Gasteiger partial charge >= 0.3 is 0 Å². The Morgan fingerprint density at radius 1 is 1.47 bits per heavy atom. The second-order valence-electron chi connectivity index (χ2n) is 5.36. The first-order valence-electron chi connectivity index (χ1n) is 6.86. The molecule has 0 bridgehead atoms. The number of nitrogens with two attached hydrogens (primary N) is 1. The van der Waals surface area contributed by atoms with E-state index in [-0.39, 0.29) is 11.9 Å². The number of carbonyl (C=O) groups excluding carboxylic acids is 1. The van der Waals surface area contributed by atoms with Crippen LogP contribution in [0, 0.1) is 0 Å². The first-order valence-corrected chi connectivity index (χ1v) is 7.65. The topological polar surface area (TPSA) is 46.3 Å². The van der Waals surface area contributed by atoms with Crippen LogP contribution in [0.1, 0.15) is 38.2 Å². The van der Waals surface area contributed by atoms with Gasteiger partial charge < -0.3 is 10.6 Å². The molecule has 1 atom stereocenters. The number of hydrogen-bond donors (Lipinski definition) is 1. The average Bonchev–Trinajstić information content (AvgIpc) is 3.19. The van der Waals surface area contributed by atoms with Crippen LogP contribution < -0.4 is 5.73 Å². The second kappa shape index (κ2) is 6.53. The van der Waals surface area contributed by atoms with Crippen LogP contribution in [-0.4, -0.2) is 22.9 Å². The molecule has 3 nitrogen and oxygen atoms in total. The zero-order valence-corrected chi connectivity index (χ0v) is 12.9. The Morgan fingerprint density at radius 2 is 2.16 bits per heavy atom. The smallest absolute Gasteiger partial charge is 0.223 e. The Bertz CT molecular complexity index is 444. The summed E-state index contributed by atoms with van der Waals surface area (Å²) in [6, 6.07) is 8.62. The van der Waals surface area contributed by atoms with Gasteiger partial charge in [0.05, 0.1) is 0 Å². The first-order chi connectivity index (χ1) is 9.08. The zero-order chi connectivity index (χ0) is 13.8. The minimum absolute atomic E-state index is 0.0912. The Balaban J connectivity index is 2.00. The molecule has 1 aromatic rings. The van der Waals surface area contributed by atoms with E-state index in [1.54, 1.807) is 0 Å². The highest BCUT2D eigenvalue weighted by Gasteiger charge is 2.32. The van der Waals surface area contributed by atoms with Gasteiger partial charge in [0.2, 0.25) is 5.91 Å². The minimum atomic E-state index is 0.0912. The summed E-state index contributed by atoms with van der Waals surface area (Å²) in [5.74, 6) is 0.232. The van der Waals surface area contributed by atoms with Gasteiger partial charge in [-0.05, 0) is 37.8 Å². The number of benzene rings is 1. The van der Waals surface area contributed by atoms with Crippen molar-refractivity contribution in [3.8, 4) is 0 Å². The fraction of sp³-hybridized carbons (Fsp3) is 0.533. The summed E-state index contributed by atoms with van der Waals surface area (Å²) in [7, 11) is 0. The average molecular weight is 325 g/mol. The molecule has 1 amide bonds. The van der Waals surface area contributed by atoms with E-state index in [0.717, 1.165) is 23.7 Å². The second-order valence-corrected chi connectivity index (χ2v) is 6.21. The van der Waals surface area contributed by atoms with Gasteiger partial charge in [-0.1, -0.05) is 34.1 Å². The van der Waals surface area contributed by atoms with Gasteiger partial charge in [-0.15, -0.1) is 0 Å². The summed E-state index contributed by atoms with van der Waals surface area (Å²) >= 11 is 3.55. The quantitative estimate of drug-likeness (QED) is 0.874. The molecule has 1 unspecified atom stereocenters. The number of rotatable bonds is 6. The molecule has 0 spiro atoms. The van der Waals surface area contributed by atoms with E-state index in [9.17, 15) is 4.79 Å². The maximum absolute atomic E-state index is 12.3. The first kappa shape index (κ1) is 14.5. The normalized spacial score (nSPS) is 16.2. The van der Waals surface area contributed by atoms with Crippen molar-refractivity contribution >= 4 is 21.8 Å². The molecule has 0 saturated heterocycles. The highest BCUT2D eigenvalue weighted by Crippen LogP contribution is 2.30. The van der Waals surface area contributed by atoms with Gasteiger partial charge in [-0.3, -0.25) is 4.79 Å². The van der Waals surface area contributed by atoms with Crippen molar-refractivity contribution in [3.63, 3.8) is 0 Å². The molecule has 0 radical (unpaired) electrons. The Kier molecular flexibility index (Phi) is 4.99. The van der Waals surface area contributed by atoms with E-state index in [4.69, 9.17) is 5.73 Å². The van der Waals surface area contributed by atoms with Crippen molar-refractivity contribution < 1.29 is 4.79 Å². The van der Waals surface area contributed by atoms with Crippen LogP contribution in [0.15, 0.2) is 28.7 Å². The highest BCUT2D eigenvalue weighted by atomic mass is 79.9. The van der Waals surface area contributed by atoms with Gasteiger partial charge in [-0.2, -0.15) is 0 Å². The lowest BCUT2D eigenvalue weighted by atomic mass is 10.1. The fourth-order valence-electron chi connectivity index (χ4n) is 2.11. The Hall–Kier alpha value is -0.870. The van der Waals surface area contributed by atoms with Crippen LogP contribution in [0.25, 0.3) is 0 Å². The number of hydrogen-bond acceptors (Lipinski definition) is 2. The van der Waals surface area contributed by atoms with Crippen LogP contribution in [0.4, 0.5) is 0 Å². The van der Waals surface area contributed by atoms with Gasteiger partial charge in [-0.25, -0.2) is 0 Å². The molecule has 1 aromatic carbocycles. The van der Waals surface area contributed by atoms with Gasteiger partial charge in [0.25, 0.3) is 0 Å². The van der Waals surface area contributed by atoms with E-state index < -0.39 is 0 Å². The monoisotopic (exact) mass is 324 g/mol. The van der Waals surface area contributed by atoms with Crippen molar-refractivity contribution in [2.24, 2.45) is 5.73 Å². The third-order valence-electron chi connectivity index (χ3n) is 3.42. The summed E-state index contributed by atoms with van der Waals surface area (Å²) in [4.78, 5) is 14.3. The summed E-state index contributed by atoms with van der Waals surface area (Å²) in [5.41, 5.74) is 6.90. The molecule has 1 aliphatic rings. The lowest BCUT2D eigenvalue weighted by Gasteiger charge is -2.23. The number of nitrogens with zero attached hydrogens (tertiary/aromatic N) is 1. The van der Waals surface area contributed by atoms with Crippen molar-refractivity contribution in [1.82, 2.24) is 4.90 Å². The molecular formula is C15H21BrN2O. The molecule has 1 aliphatic carbocycles. The molecule has 4 heteroatoms. The van der Waals surface area contributed by atoms with Crippen LogP contribution >= 0.6 is 15.9 Å². The lowest BCUT2D eigenvalue weighted by molar-refractivity contribution is -0.132. The molecule has 2 N–H and O–H groups in total. The van der Waals surface area contributed by atoms with Crippen molar-refractivity contribution in [2.75, 3.05) is 0 Å². The van der Waals surface area contributed by atoms with Crippen LogP contribution in [0.2, 0.25) is 0 Å². The van der Waals surface area contributed by atoms with Crippen LogP contribution in [0.3, 0.4) is 0 Å². The maximum atomic E-state index is 12.3. The SMILES string of the molecule is CC(N)CCC(=O)N(Cc1ccccc1Br)C1CC1. The summed E-state index contributed by atoms with van der Waals surface area (Å²) in [6.45, 7) is 2.65. The summed E-state index contributed by atoms with van der Waals surface area (Å²) in [6.07, 6.45) is 3.58. The number of carbonyl (C=O) groups is 1. The molecule has 0 aromatic heterocycles. The minimum Gasteiger partial charge on any atom is -0.335 e. The van der Waals surface area contributed by atoms with Gasteiger partial charge in [0.15, 0.2) is 0 Å². The molecule has 19 heavy (non-hydrogen) atoms. The third kappa shape index (κ3) is 4.32. The molecule has 0 heterocycles. The van der Waals surface area contributed by atoms with E-state index in [0.29, 0.717) is 19.0 Å². The summed E-state index contributed by atoms with van der Waals surface area (Å²) < 4.78 is 1.07. The van der Waals surface area contributed by atoms with Gasteiger partial charge in [0.1, 0.15) is 0 Å². The predicted octanol–water partition coefficient (Wildman–Crippen LogP) is 3.07. The Morgan fingerprint density at radius 3 is 2.74 bits per heavy atom. The predicted molar refractivity (Wildman–Crippen MR) is 80.6 cm³/mol. The van der Waals surface area contributed by atoms with Gasteiger partial charge in [0, 0.05) is 29.5 Å². The molecule has 104 valence electrons. The molecular weight excluding hydrogens is 304 g/mol. The Labute approximate surface area is 123 Å². The molecule has 0 aliphatic heterocycles. The molecule has 1 fully saturated rings. The lowest BCUT2D eigenvalue weighted by Crippen LogP contribution is -2.33. The van der Waals surface area contributed by atoms with Crippen LogP contribution in [-0.2, 0) is 11.3 Å². The van der Waals surface area contributed by atoms with Crippen molar-refractivity contribution in [3.05, 3.63) is 34.3 Å². The summed E-state index contributed by atoms with van der Waals surface area (Å²) in [5, 5.41) is 0. The van der Waals surface area contributed by atoms with Crippen molar-refractivity contribution in [2.45, 2.75) is 51.2 Å². The fourth-order valence-corrected chi connectivity index (χ4v) is 2.52. The third-order valence-corrected chi connectivity index (χ3v) is 4.19. The van der Waals surface area contributed by atoms with E-state index in [1.165, 1.54) is 5.56 Å². The largest absolute Gasteiger partial charge is 0.335 e. The van der Waals surface area contributed by atoms with E-state index >= 15 is 0 Å². The van der Waals surface area contributed by atoms with E-state index in [1.807, 2.05) is 30.0 Å². The number of amides is 1. The van der Waals surface area contributed by atoms with E-state index in [2.05, 4.69) is 22.0 Å². The highest BCUT2D eigenvalue weighted by molar-refractivity contribution is 9.10. The van der Waals surface area contributed by atoms with Crippen molar-refractivity contribution in [1.29, 1.82) is 0 Å².